The van der Waals surface area contributed by atoms with Crippen LogP contribution >= 0.6 is 0 Å². The lowest BCUT2D eigenvalue weighted by Crippen LogP contribution is -2.24. The maximum absolute atomic E-state index is 12.4. The van der Waals surface area contributed by atoms with Crippen molar-refractivity contribution in [1.82, 2.24) is 0 Å². The van der Waals surface area contributed by atoms with Crippen molar-refractivity contribution in [3.63, 3.8) is 0 Å². The van der Waals surface area contributed by atoms with E-state index in [1.807, 2.05) is 55.5 Å². The van der Waals surface area contributed by atoms with E-state index in [0.717, 1.165) is 48.2 Å². The van der Waals surface area contributed by atoms with Crippen molar-refractivity contribution in [2.45, 2.75) is 45.6 Å². The van der Waals surface area contributed by atoms with E-state index in [0.29, 0.717) is 12.5 Å². The molecule has 0 unspecified atom stereocenters. The van der Waals surface area contributed by atoms with Crippen LogP contribution in [0.3, 0.4) is 0 Å². The molecule has 5 nitrogen and oxygen atoms in total. The van der Waals surface area contributed by atoms with Gasteiger partial charge in [-0.2, -0.15) is 0 Å². The Balaban J connectivity index is 1.57. The first-order valence-corrected chi connectivity index (χ1v) is 9.63. The number of nitrogens with two attached hydrogens (primary N) is 1. The quantitative estimate of drug-likeness (QED) is 0.542. The number of nitrogens with zero attached hydrogens (tertiary/aromatic N) is 1. The van der Waals surface area contributed by atoms with Gasteiger partial charge in [0.1, 0.15) is 0 Å². The number of nitrogens with one attached hydrogen (secondary N) is 2. The normalized spacial score (nSPS) is 15.4. The van der Waals surface area contributed by atoms with Crippen LogP contribution < -0.4 is 16.4 Å². The number of carbonyl (C=O) groups excluding carboxylic acids is 1. The van der Waals surface area contributed by atoms with Crippen molar-refractivity contribution in [1.29, 1.82) is 0 Å². The first-order valence-electron chi connectivity index (χ1n) is 9.63. The molecule has 1 aliphatic carbocycles. The highest BCUT2D eigenvalue weighted by Crippen LogP contribution is 2.25. The number of rotatable bonds is 5. The number of hydrogen-bond acceptors (Lipinski definition) is 2. The number of guanidine groups is 1. The molecule has 4 N–H and O–H groups in total. The van der Waals surface area contributed by atoms with Gasteiger partial charge < -0.3 is 16.4 Å². The molecule has 0 spiro atoms. The number of benzene rings is 2. The molecule has 0 heterocycles. The maximum Gasteiger partial charge on any atom is 0.227 e. The van der Waals surface area contributed by atoms with Crippen molar-refractivity contribution < 1.29 is 4.79 Å². The van der Waals surface area contributed by atoms with E-state index in [1.54, 1.807) is 0 Å². The van der Waals surface area contributed by atoms with E-state index in [2.05, 4.69) is 15.6 Å². The summed E-state index contributed by atoms with van der Waals surface area (Å²) >= 11 is 0. The first kappa shape index (κ1) is 19.0. The smallest absolute Gasteiger partial charge is 0.227 e. The summed E-state index contributed by atoms with van der Waals surface area (Å²) < 4.78 is 0. The molecule has 0 aliphatic heterocycles. The Bertz CT molecular complexity index is 809. The molecule has 1 amide bonds. The molecule has 0 atom stereocenters. The molecule has 0 bridgehead atoms. The second-order valence-corrected chi connectivity index (χ2v) is 7.22. The van der Waals surface area contributed by atoms with Gasteiger partial charge in [0, 0.05) is 17.3 Å². The van der Waals surface area contributed by atoms with Gasteiger partial charge in [0.05, 0.1) is 6.54 Å². The zero-order valence-electron chi connectivity index (χ0n) is 15.9. The van der Waals surface area contributed by atoms with E-state index >= 15 is 0 Å². The predicted octanol–water partition coefficient (Wildman–Crippen LogP) is 4.44. The minimum atomic E-state index is 0.135. The Labute approximate surface area is 161 Å². The molecule has 2 aromatic rings. The third-order valence-corrected chi connectivity index (χ3v) is 4.89. The molecule has 1 saturated carbocycles. The zero-order valence-corrected chi connectivity index (χ0v) is 15.9. The van der Waals surface area contributed by atoms with Crippen LogP contribution in [-0.4, -0.2) is 11.9 Å². The first-order chi connectivity index (χ1) is 13.1. The van der Waals surface area contributed by atoms with Crippen LogP contribution in [0, 0.1) is 12.8 Å². The number of amides is 1. The summed E-state index contributed by atoms with van der Waals surface area (Å²) in [7, 11) is 0. The molecule has 142 valence electrons. The van der Waals surface area contributed by atoms with Crippen molar-refractivity contribution in [3.05, 3.63) is 59.7 Å². The second-order valence-electron chi connectivity index (χ2n) is 7.22. The van der Waals surface area contributed by atoms with Gasteiger partial charge in [-0.25, -0.2) is 4.99 Å². The topological polar surface area (TPSA) is 79.5 Å². The summed E-state index contributed by atoms with van der Waals surface area (Å²) in [5, 5.41) is 6.15. The summed E-state index contributed by atoms with van der Waals surface area (Å²) in [4.78, 5) is 16.8. The monoisotopic (exact) mass is 364 g/mol. The zero-order chi connectivity index (χ0) is 19.1. The molecule has 0 saturated heterocycles. The fourth-order valence-electron chi connectivity index (χ4n) is 3.44. The average molecular weight is 364 g/mol. The average Bonchev–Trinajstić information content (AvgIpc) is 2.67. The molecule has 0 aromatic heterocycles. The van der Waals surface area contributed by atoms with Gasteiger partial charge >= 0.3 is 0 Å². The summed E-state index contributed by atoms with van der Waals surface area (Å²) in [5.74, 6) is 0.655. The van der Waals surface area contributed by atoms with Gasteiger partial charge in [0.25, 0.3) is 0 Å². The Kier molecular flexibility index (Phi) is 6.47. The van der Waals surface area contributed by atoms with Gasteiger partial charge in [-0.1, -0.05) is 43.5 Å². The van der Waals surface area contributed by atoms with Crippen molar-refractivity contribution in [2.75, 3.05) is 10.6 Å². The number of aryl methyl sites for hydroxylation is 1. The van der Waals surface area contributed by atoms with Crippen LogP contribution in [0.2, 0.25) is 0 Å². The van der Waals surface area contributed by atoms with Crippen LogP contribution in [0.1, 0.15) is 43.2 Å². The number of anilines is 2. The molecule has 3 rings (SSSR count). The van der Waals surface area contributed by atoms with Crippen molar-refractivity contribution >= 4 is 23.2 Å². The third kappa shape index (κ3) is 5.84. The lowest BCUT2D eigenvalue weighted by Gasteiger charge is -2.20. The molecule has 27 heavy (non-hydrogen) atoms. The van der Waals surface area contributed by atoms with Gasteiger partial charge in [0.15, 0.2) is 5.96 Å². The lowest BCUT2D eigenvalue weighted by atomic mass is 9.88. The molecular formula is C22H28N4O. The van der Waals surface area contributed by atoms with Crippen LogP contribution in [0.4, 0.5) is 11.4 Å². The fraction of sp³-hybridized carbons (Fsp3) is 0.364. The Hall–Kier alpha value is -2.82. The highest BCUT2D eigenvalue weighted by Gasteiger charge is 2.20. The Morgan fingerprint density at radius 3 is 2.48 bits per heavy atom. The van der Waals surface area contributed by atoms with Crippen LogP contribution in [0.15, 0.2) is 53.5 Å². The fourth-order valence-corrected chi connectivity index (χ4v) is 3.44. The minimum Gasteiger partial charge on any atom is -0.370 e. The van der Waals surface area contributed by atoms with Crippen molar-refractivity contribution in [2.24, 2.45) is 16.6 Å². The maximum atomic E-state index is 12.4. The van der Waals surface area contributed by atoms with E-state index in [9.17, 15) is 4.79 Å². The van der Waals surface area contributed by atoms with E-state index < -0.39 is 0 Å². The Morgan fingerprint density at radius 2 is 1.74 bits per heavy atom. The van der Waals surface area contributed by atoms with E-state index in [1.165, 1.54) is 6.42 Å². The summed E-state index contributed by atoms with van der Waals surface area (Å²) in [6.45, 7) is 2.49. The summed E-state index contributed by atoms with van der Waals surface area (Å²) in [5.41, 5.74) is 9.90. The molecule has 2 aromatic carbocycles. The molecule has 1 aliphatic rings. The van der Waals surface area contributed by atoms with Gasteiger partial charge in [-0.15, -0.1) is 0 Å². The number of aliphatic imine (C=N–C) groups is 1. The minimum absolute atomic E-state index is 0.135. The van der Waals surface area contributed by atoms with Gasteiger partial charge in [-0.05, 0) is 55.2 Å². The SMILES string of the molecule is Cc1cccc(NC(N)=NCc2cccc(NC(=O)C3CCCCC3)c2)c1. The highest BCUT2D eigenvalue weighted by molar-refractivity contribution is 5.93. The number of hydrogen-bond donors (Lipinski definition) is 3. The van der Waals surface area contributed by atoms with E-state index in [-0.39, 0.29) is 11.8 Å². The summed E-state index contributed by atoms with van der Waals surface area (Å²) in [6.07, 6.45) is 5.54. The molecular weight excluding hydrogens is 336 g/mol. The van der Waals surface area contributed by atoms with E-state index in [4.69, 9.17) is 5.73 Å². The highest BCUT2D eigenvalue weighted by atomic mass is 16.1. The second kappa shape index (κ2) is 9.21. The molecule has 5 heteroatoms. The summed E-state index contributed by atoms with van der Waals surface area (Å²) in [6, 6.07) is 15.8. The van der Waals surface area contributed by atoms with Crippen LogP contribution in [0.25, 0.3) is 0 Å². The molecule has 0 radical (unpaired) electrons. The standard InChI is InChI=1S/C22H28N4O/c1-16-7-5-11-19(13-16)26-22(23)24-15-17-8-6-12-20(14-17)25-21(27)18-9-3-2-4-10-18/h5-8,11-14,18H,2-4,9-10,15H2,1H3,(H,25,27)(H3,23,24,26). The number of carbonyl (C=O) groups is 1. The largest absolute Gasteiger partial charge is 0.370 e. The lowest BCUT2D eigenvalue weighted by molar-refractivity contribution is -0.120. The Morgan fingerprint density at radius 1 is 1.04 bits per heavy atom. The van der Waals surface area contributed by atoms with Gasteiger partial charge in [-0.3, -0.25) is 4.79 Å². The van der Waals surface area contributed by atoms with Gasteiger partial charge in [0.2, 0.25) is 5.91 Å². The third-order valence-electron chi connectivity index (χ3n) is 4.89. The van der Waals surface area contributed by atoms with Crippen molar-refractivity contribution in [3.8, 4) is 0 Å². The van der Waals surface area contributed by atoms with Crippen LogP contribution in [-0.2, 0) is 11.3 Å². The molecule has 1 fully saturated rings. The van der Waals surface area contributed by atoms with Crippen LogP contribution in [0.5, 0.6) is 0 Å². The predicted molar refractivity (Wildman–Crippen MR) is 112 cm³/mol.